The number of ether oxygens (including phenoxy) is 1. The van der Waals surface area contributed by atoms with Crippen molar-refractivity contribution in [2.75, 3.05) is 36.0 Å². The van der Waals surface area contributed by atoms with Crippen molar-refractivity contribution >= 4 is 34.6 Å². The van der Waals surface area contributed by atoms with Gasteiger partial charge in [0.2, 0.25) is 0 Å². The number of benzene rings is 1. The Balaban J connectivity index is 1.15. The molecule has 0 radical (unpaired) electrons. The molecular formula is C33H38N8O3. The van der Waals surface area contributed by atoms with E-state index in [4.69, 9.17) is 19.8 Å². The van der Waals surface area contributed by atoms with Gasteiger partial charge in [0.05, 0.1) is 23.1 Å². The average molecular weight is 595 g/mol. The van der Waals surface area contributed by atoms with E-state index in [0.29, 0.717) is 6.61 Å². The smallest absolute Gasteiger partial charge is 0.405 e. The Morgan fingerprint density at radius 3 is 2.73 bits per heavy atom. The Morgan fingerprint density at radius 1 is 1.05 bits per heavy atom. The Morgan fingerprint density at radius 2 is 1.91 bits per heavy atom. The maximum absolute atomic E-state index is 11.8. The molecule has 1 amide bonds. The number of carbonyl (C=O) groups is 1. The van der Waals surface area contributed by atoms with Crippen LogP contribution in [0.25, 0.3) is 11.2 Å². The lowest BCUT2D eigenvalue weighted by Crippen LogP contribution is -2.47. The van der Waals surface area contributed by atoms with Gasteiger partial charge in [0, 0.05) is 37.9 Å². The molecule has 2 N–H and O–H groups in total. The SMILES string of the molecule is Cc1nc2c(N3CCCc4ncccc43)nn(C3CCCCO3)c2nc1N1CCC2(CC1)Cc1ccccc1[C@H]2NC(=O)O. The van der Waals surface area contributed by atoms with Crippen molar-refractivity contribution in [3.05, 3.63) is 65.1 Å². The van der Waals surface area contributed by atoms with Gasteiger partial charge in [-0.2, -0.15) is 0 Å². The van der Waals surface area contributed by atoms with Gasteiger partial charge < -0.3 is 25.0 Å². The Labute approximate surface area is 256 Å². The summed E-state index contributed by atoms with van der Waals surface area (Å²) < 4.78 is 8.20. The normalized spacial score (nSPS) is 22.7. The standard InChI is InChI=1S/C33H38N8O3/c1-21-29(39-17-13-33(14-18-39)20-22-8-2-3-9-23(22)28(33)36-32(42)43)37-30-27(35-21)31(38-41(30)26-12-4-5-19-44-26)40-16-7-10-24-25(40)11-6-15-34-24/h2-3,6,8-9,11,15,26,28,36H,4-5,7,10,12-14,16-20H2,1H3,(H,42,43)/t26?,28-/m1/s1. The molecule has 6 heterocycles. The molecule has 8 rings (SSSR count). The fourth-order valence-corrected chi connectivity index (χ4v) is 7.99. The number of carboxylic acid groups (broad SMARTS) is 1. The van der Waals surface area contributed by atoms with Crippen molar-refractivity contribution in [3.63, 3.8) is 0 Å². The van der Waals surface area contributed by atoms with Crippen LogP contribution in [-0.4, -0.2) is 62.2 Å². The summed E-state index contributed by atoms with van der Waals surface area (Å²) in [5.41, 5.74) is 6.80. The first-order valence-electron chi connectivity index (χ1n) is 15.9. The van der Waals surface area contributed by atoms with Gasteiger partial charge in [-0.3, -0.25) is 4.98 Å². The minimum atomic E-state index is -0.971. The van der Waals surface area contributed by atoms with Crippen LogP contribution in [0.1, 0.15) is 73.3 Å². The van der Waals surface area contributed by atoms with Crippen LogP contribution in [0, 0.1) is 12.3 Å². The number of fused-ring (bicyclic) bond motifs is 3. The highest BCUT2D eigenvalue weighted by atomic mass is 16.5. The highest BCUT2D eigenvalue weighted by Crippen LogP contribution is 2.52. The maximum atomic E-state index is 11.8. The first-order chi connectivity index (χ1) is 21.5. The number of rotatable bonds is 4. The monoisotopic (exact) mass is 594 g/mol. The molecule has 0 saturated carbocycles. The lowest BCUT2D eigenvalue weighted by Gasteiger charge is -2.43. The highest BCUT2D eigenvalue weighted by Gasteiger charge is 2.48. The minimum Gasteiger partial charge on any atom is -0.465 e. The number of nitrogens with one attached hydrogen (secondary N) is 1. The van der Waals surface area contributed by atoms with E-state index >= 15 is 0 Å². The lowest BCUT2D eigenvalue weighted by atomic mass is 9.72. The van der Waals surface area contributed by atoms with Gasteiger partial charge in [-0.05, 0) is 81.5 Å². The largest absolute Gasteiger partial charge is 0.465 e. The van der Waals surface area contributed by atoms with Gasteiger partial charge in [0.25, 0.3) is 0 Å². The average Bonchev–Trinajstić information content (AvgIpc) is 3.56. The van der Waals surface area contributed by atoms with Crippen LogP contribution in [0.3, 0.4) is 0 Å². The lowest BCUT2D eigenvalue weighted by molar-refractivity contribution is -0.0368. The number of hydrogen-bond acceptors (Lipinski definition) is 8. The first kappa shape index (κ1) is 27.3. The fourth-order valence-electron chi connectivity index (χ4n) is 7.99. The number of nitrogens with zero attached hydrogens (tertiary/aromatic N) is 7. The number of hydrogen-bond donors (Lipinski definition) is 2. The highest BCUT2D eigenvalue weighted by molar-refractivity contribution is 5.88. The summed E-state index contributed by atoms with van der Waals surface area (Å²) in [5, 5.41) is 17.7. The molecule has 1 aliphatic carbocycles. The molecule has 228 valence electrons. The van der Waals surface area contributed by atoms with E-state index in [9.17, 15) is 9.90 Å². The molecule has 1 spiro atoms. The molecule has 11 nitrogen and oxygen atoms in total. The van der Waals surface area contributed by atoms with Crippen molar-refractivity contribution in [1.82, 2.24) is 30.0 Å². The van der Waals surface area contributed by atoms with Gasteiger partial charge in [-0.1, -0.05) is 24.3 Å². The van der Waals surface area contributed by atoms with Crippen molar-refractivity contribution in [3.8, 4) is 0 Å². The van der Waals surface area contributed by atoms with Crippen LogP contribution in [-0.2, 0) is 17.6 Å². The van der Waals surface area contributed by atoms with E-state index in [1.807, 2.05) is 36.0 Å². The van der Waals surface area contributed by atoms with Gasteiger partial charge in [0.1, 0.15) is 0 Å². The third-order valence-electron chi connectivity index (χ3n) is 10.1. The van der Waals surface area contributed by atoms with Crippen molar-refractivity contribution in [2.24, 2.45) is 5.41 Å². The summed E-state index contributed by atoms with van der Waals surface area (Å²) in [6.45, 7) is 5.15. The van der Waals surface area contributed by atoms with Crippen LogP contribution in [0.15, 0.2) is 42.6 Å². The van der Waals surface area contributed by atoms with Crippen LogP contribution >= 0.6 is 0 Å². The minimum absolute atomic E-state index is 0.148. The van der Waals surface area contributed by atoms with Crippen molar-refractivity contribution < 1.29 is 14.6 Å². The Hall–Kier alpha value is -4.25. The van der Waals surface area contributed by atoms with Gasteiger partial charge in [-0.15, -0.1) is 5.10 Å². The number of aryl methyl sites for hydroxylation is 2. The van der Waals surface area contributed by atoms with Crippen molar-refractivity contribution in [2.45, 2.75) is 70.6 Å². The summed E-state index contributed by atoms with van der Waals surface area (Å²) in [4.78, 5) is 31.5. The number of pyridine rings is 1. The molecule has 3 aromatic heterocycles. The molecular weight excluding hydrogens is 556 g/mol. The van der Waals surface area contributed by atoms with E-state index in [0.717, 1.165) is 116 Å². The molecule has 2 saturated heterocycles. The van der Waals surface area contributed by atoms with Gasteiger partial charge in [-0.25, -0.2) is 19.4 Å². The molecule has 0 bridgehead atoms. The number of amides is 1. The van der Waals surface area contributed by atoms with Crippen LogP contribution in [0.5, 0.6) is 0 Å². The van der Waals surface area contributed by atoms with Gasteiger partial charge in [0.15, 0.2) is 29.0 Å². The van der Waals surface area contributed by atoms with E-state index in [1.54, 1.807) is 0 Å². The third-order valence-corrected chi connectivity index (χ3v) is 10.1. The summed E-state index contributed by atoms with van der Waals surface area (Å²) in [6.07, 6.45) is 8.31. The number of anilines is 3. The molecule has 4 aliphatic rings. The predicted molar refractivity (Wildman–Crippen MR) is 166 cm³/mol. The van der Waals surface area contributed by atoms with Gasteiger partial charge >= 0.3 is 6.09 Å². The second-order valence-electron chi connectivity index (χ2n) is 12.7. The zero-order valence-electron chi connectivity index (χ0n) is 25.1. The van der Waals surface area contributed by atoms with E-state index < -0.39 is 6.09 Å². The molecule has 11 heteroatoms. The Kier molecular flexibility index (Phi) is 6.66. The zero-order chi connectivity index (χ0) is 29.8. The van der Waals surface area contributed by atoms with Crippen LogP contribution in [0.4, 0.5) is 22.1 Å². The molecule has 44 heavy (non-hydrogen) atoms. The van der Waals surface area contributed by atoms with E-state index in [2.05, 4.69) is 38.3 Å². The topological polar surface area (TPSA) is 122 Å². The summed E-state index contributed by atoms with van der Waals surface area (Å²) in [5.74, 6) is 1.68. The Bertz CT molecular complexity index is 1720. The quantitative estimate of drug-likeness (QED) is 0.317. The second-order valence-corrected chi connectivity index (χ2v) is 12.7. The number of piperidine rings is 1. The first-order valence-corrected chi connectivity index (χ1v) is 15.9. The zero-order valence-corrected chi connectivity index (χ0v) is 25.1. The fraction of sp³-hybridized carbons (Fsp3) is 0.485. The number of aromatic nitrogens is 5. The maximum Gasteiger partial charge on any atom is 0.405 e. The molecule has 2 fully saturated rings. The molecule has 3 aliphatic heterocycles. The molecule has 1 unspecified atom stereocenters. The molecule has 2 atom stereocenters. The molecule has 1 aromatic carbocycles. The third kappa shape index (κ3) is 4.47. The van der Waals surface area contributed by atoms with E-state index in [1.165, 1.54) is 5.56 Å². The summed E-state index contributed by atoms with van der Waals surface area (Å²) >= 11 is 0. The van der Waals surface area contributed by atoms with Crippen LogP contribution in [0.2, 0.25) is 0 Å². The summed E-state index contributed by atoms with van der Waals surface area (Å²) in [7, 11) is 0. The predicted octanol–water partition coefficient (Wildman–Crippen LogP) is 5.46. The molecule has 4 aromatic rings. The summed E-state index contributed by atoms with van der Waals surface area (Å²) in [6, 6.07) is 12.2. The second kappa shape index (κ2) is 10.7. The van der Waals surface area contributed by atoms with E-state index in [-0.39, 0.29) is 17.7 Å². The van der Waals surface area contributed by atoms with Crippen molar-refractivity contribution in [1.29, 1.82) is 0 Å². The van der Waals surface area contributed by atoms with Crippen LogP contribution < -0.4 is 15.1 Å².